The zero-order valence-corrected chi connectivity index (χ0v) is 15.1. The summed E-state index contributed by atoms with van der Waals surface area (Å²) in [4.78, 5) is 31.0. The molecule has 0 saturated carbocycles. The Hall–Kier alpha value is -3.09. The van der Waals surface area contributed by atoms with Gasteiger partial charge >= 0.3 is 0 Å². The highest BCUT2D eigenvalue weighted by Gasteiger charge is 2.30. The van der Waals surface area contributed by atoms with Crippen LogP contribution in [0.4, 0.5) is 0 Å². The third kappa shape index (κ3) is 3.58. The van der Waals surface area contributed by atoms with Crippen molar-refractivity contribution in [3.8, 4) is 0 Å². The lowest BCUT2D eigenvalue weighted by molar-refractivity contribution is -0.133. The average molecular weight is 367 g/mol. The third-order valence-electron chi connectivity index (χ3n) is 4.93. The van der Waals surface area contributed by atoms with Gasteiger partial charge in [-0.15, -0.1) is 0 Å². The molecule has 2 aromatic heterocycles. The van der Waals surface area contributed by atoms with Gasteiger partial charge in [0.2, 0.25) is 5.91 Å². The van der Waals surface area contributed by atoms with Crippen LogP contribution in [0.3, 0.4) is 0 Å². The number of nitrogens with zero attached hydrogens (tertiary/aromatic N) is 2. The smallest absolute Gasteiger partial charge is 0.287 e. The molecule has 7 heteroatoms. The molecule has 2 amide bonds. The van der Waals surface area contributed by atoms with E-state index in [0.29, 0.717) is 13.1 Å². The summed E-state index contributed by atoms with van der Waals surface area (Å²) in [6.45, 7) is 2.92. The number of amides is 2. The van der Waals surface area contributed by atoms with Gasteiger partial charge in [-0.25, -0.2) is 4.98 Å². The third-order valence-corrected chi connectivity index (χ3v) is 4.93. The van der Waals surface area contributed by atoms with E-state index in [4.69, 9.17) is 8.83 Å². The highest BCUT2D eigenvalue weighted by atomic mass is 16.3. The zero-order valence-electron chi connectivity index (χ0n) is 15.1. The summed E-state index contributed by atoms with van der Waals surface area (Å²) in [7, 11) is 0. The molecular formula is C20H21N3O4. The van der Waals surface area contributed by atoms with Crippen LogP contribution in [0.1, 0.15) is 42.1 Å². The largest absolute Gasteiger partial charge is 0.459 e. The number of benzene rings is 1. The number of oxazole rings is 1. The molecule has 3 heterocycles. The minimum atomic E-state index is -0.608. The molecule has 1 aliphatic heterocycles. The lowest BCUT2D eigenvalue weighted by Crippen LogP contribution is -2.49. The first-order valence-corrected chi connectivity index (χ1v) is 9.10. The van der Waals surface area contributed by atoms with Crippen LogP contribution in [0, 0.1) is 0 Å². The minimum absolute atomic E-state index is 0.0917. The number of carbonyl (C=O) groups excluding carboxylic acids is 2. The number of rotatable bonds is 4. The van der Waals surface area contributed by atoms with Crippen LogP contribution in [-0.4, -0.2) is 40.8 Å². The number of aromatic nitrogens is 1. The van der Waals surface area contributed by atoms with Crippen LogP contribution in [-0.2, 0) is 4.79 Å². The lowest BCUT2D eigenvalue weighted by Gasteiger charge is -2.32. The molecule has 0 radical (unpaired) electrons. The monoisotopic (exact) mass is 367 g/mol. The molecule has 3 aromatic rings. The van der Waals surface area contributed by atoms with Gasteiger partial charge in [0.1, 0.15) is 11.6 Å². The van der Waals surface area contributed by atoms with Gasteiger partial charge in [0, 0.05) is 19.0 Å². The number of furan rings is 1. The Bertz CT molecular complexity index is 906. The Kier molecular flexibility index (Phi) is 4.66. The number of likely N-dealkylation sites (tertiary alicyclic amines) is 1. The van der Waals surface area contributed by atoms with E-state index in [0.717, 1.165) is 29.8 Å². The van der Waals surface area contributed by atoms with E-state index in [9.17, 15) is 9.59 Å². The molecule has 1 fully saturated rings. The Morgan fingerprint density at radius 3 is 2.67 bits per heavy atom. The number of hydrogen-bond donors (Lipinski definition) is 1. The maximum atomic E-state index is 12.6. The van der Waals surface area contributed by atoms with Crippen molar-refractivity contribution in [1.82, 2.24) is 15.2 Å². The predicted octanol–water partition coefficient (Wildman–Crippen LogP) is 2.95. The van der Waals surface area contributed by atoms with Gasteiger partial charge in [-0.05, 0) is 44.0 Å². The second-order valence-electron chi connectivity index (χ2n) is 6.79. The van der Waals surface area contributed by atoms with Crippen molar-refractivity contribution in [2.24, 2.45) is 0 Å². The number of fused-ring (bicyclic) bond motifs is 1. The molecule has 7 nitrogen and oxygen atoms in total. The van der Waals surface area contributed by atoms with Crippen molar-refractivity contribution < 1.29 is 18.4 Å². The van der Waals surface area contributed by atoms with Gasteiger partial charge in [-0.3, -0.25) is 9.59 Å². The molecule has 1 aliphatic rings. The highest BCUT2D eigenvalue weighted by Crippen LogP contribution is 2.30. The van der Waals surface area contributed by atoms with Crippen molar-refractivity contribution in [2.75, 3.05) is 13.1 Å². The maximum absolute atomic E-state index is 12.6. The van der Waals surface area contributed by atoms with Crippen LogP contribution in [0.15, 0.2) is 51.5 Å². The highest BCUT2D eigenvalue weighted by molar-refractivity contribution is 5.95. The number of carbonyl (C=O) groups is 2. The Balaban J connectivity index is 1.34. The Morgan fingerprint density at radius 1 is 1.19 bits per heavy atom. The maximum Gasteiger partial charge on any atom is 0.287 e. The molecule has 27 heavy (non-hydrogen) atoms. The summed E-state index contributed by atoms with van der Waals surface area (Å²) >= 11 is 0. The van der Waals surface area contributed by atoms with Crippen molar-refractivity contribution in [1.29, 1.82) is 0 Å². The van der Waals surface area contributed by atoms with Gasteiger partial charge in [0.05, 0.1) is 6.26 Å². The molecule has 0 bridgehead atoms. The topological polar surface area (TPSA) is 88.6 Å². The lowest BCUT2D eigenvalue weighted by atomic mass is 9.96. The van der Waals surface area contributed by atoms with Crippen LogP contribution < -0.4 is 5.32 Å². The Labute approximate surface area is 156 Å². The van der Waals surface area contributed by atoms with E-state index in [1.54, 1.807) is 24.0 Å². The van der Waals surface area contributed by atoms with Crippen molar-refractivity contribution in [2.45, 2.75) is 31.7 Å². The summed E-state index contributed by atoms with van der Waals surface area (Å²) in [6, 6.07) is 10.3. The van der Waals surface area contributed by atoms with E-state index in [-0.39, 0.29) is 23.5 Å². The summed E-state index contributed by atoms with van der Waals surface area (Å²) < 4.78 is 10.9. The van der Waals surface area contributed by atoms with E-state index >= 15 is 0 Å². The van der Waals surface area contributed by atoms with Crippen LogP contribution in [0.2, 0.25) is 0 Å². The van der Waals surface area contributed by atoms with E-state index in [1.165, 1.54) is 6.26 Å². The Morgan fingerprint density at radius 2 is 1.96 bits per heavy atom. The van der Waals surface area contributed by atoms with Gasteiger partial charge in [-0.1, -0.05) is 12.1 Å². The normalized spacial score (nSPS) is 16.4. The quantitative estimate of drug-likeness (QED) is 0.766. The minimum Gasteiger partial charge on any atom is -0.459 e. The fourth-order valence-electron chi connectivity index (χ4n) is 3.42. The van der Waals surface area contributed by atoms with Crippen LogP contribution in [0.25, 0.3) is 11.1 Å². The molecule has 140 valence electrons. The second-order valence-corrected chi connectivity index (χ2v) is 6.79. The molecule has 0 spiro atoms. The molecule has 1 aromatic carbocycles. The fourth-order valence-corrected chi connectivity index (χ4v) is 3.42. The standard InChI is InChI=1S/C20H21N3O4/c1-13(21-18(24)17-7-4-12-26-17)20(25)23-10-8-14(9-11-23)19-22-15-5-2-3-6-16(15)27-19/h2-7,12-14H,8-11H2,1H3,(H,21,24)/t13-/m0/s1. The summed E-state index contributed by atoms with van der Waals surface area (Å²) in [5.74, 6) is 0.661. The fraction of sp³-hybridized carbons (Fsp3) is 0.350. The first kappa shape index (κ1) is 17.3. The van der Waals surface area contributed by atoms with Crippen molar-refractivity contribution >= 4 is 22.9 Å². The first-order chi connectivity index (χ1) is 13.1. The van der Waals surface area contributed by atoms with Crippen molar-refractivity contribution in [3.05, 3.63) is 54.3 Å². The van der Waals surface area contributed by atoms with E-state index < -0.39 is 6.04 Å². The van der Waals surface area contributed by atoms with Gasteiger partial charge in [-0.2, -0.15) is 0 Å². The SMILES string of the molecule is C[C@H](NC(=O)c1ccco1)C(=O)N1CCC(c2nc3ccccc3o2)CC1. The summed E-state index contributed by atoms with van der Waals surface area (Å²) in [6.07, 6.45) is 3.01. The number of piperidine rings is 1. The number of hydrogen-bond acceptors (Lipinski definition) is 5. The first-order valence-electron chi connectivity index (χ1n) is 9.10. The molecule has 0 unspecified atom stereocenters. The molecule has 1 saturated heterocycles. The summed E-state index contributed by atoms with van der Waals surface area (Å²) in [5.41, 5.74) is 1.65. The molecular weight excluding hydrogens is 346 g/mol. The molecule has 0 aliphatic carbocycles. The van der Waals surface area contributed by atoms with Crippen molar-refractivity contribution in [3.63, 3.8) is 0 Å². The molecule has 4 rings (SSSR count). The predicted molar refractivity (Wildman–Crippen MR) is 98.2 cm³/mol. The van der Waals surface area contributed by atoms with Crippen LogP contribution in [0.5, 0.6) is 0 Å². The van der Waals surface area contributed by atoms with Gasteiger partial charge in [0.25, 0.3) is 5.91 Å². The second kappa shape index (κ2) is 7.26. The average Bonchev–Trinajstić information content (AvgIpc) is 3.37. The van der Waals surface area contributed by atoms with E-state index in [2.05, 4.69) is 10.3 Å². The van der Waals surface area contributed by atoms with Gasteiger partial charge in [0.15, 0.2) is 17.2 Å². The number of para-hydroxylation sites is 2. The molecule has 1 atom stereocenters. The van der Waals surface area contributed by atoms with Gasteiger partial charge < -0.3 is 19.1 Å². The summed E-state index contributed by atoms with van der Waals surface area (Å²) in [5, 5.41) is 2.69. The van der Waals surface area contributed by atoms with Crippen LogP contribution >= 0.6 is 0 Å². The van der Waals surface area contributed by atoms with E-state index in [1.807, 2.05) is 24.3 Å². The molecule has 1 N–H and O–H groups in total. The zero-order chi connectivity index (χ0) is 18.8. The number of nitrogens with one attached hydrogen (secondary N) is 1.